The molecule has 0 N–H and O–H groups in total. The summed E-state index contributed by atoms with van der Waals surface area (Å²) in [5.74, 6) is 0. The van der Waals surface area contributed by atoms with Gasteiger partial charge in [-0.15, -0.1) is 0 Å². The van der Waals surface area contributed by atoms with E-state index in [0.717, 1.165) is 17.3 Å². The van der Waals surface area contributed by atoms with E-state index in [0.29, 0.717) is 5.56 Å². The molecule has 3 nitrogen and oxygen atoms in total. The van der Waals surface area contributed by atoms with E-state index in [1.54, 1.807) is 17.8 Å². The molecule has 0 aliphatic carbocycles. The summed E-state index contributed by atoms with van der Waals surface area (Å²) in [4.78, 5) is 15.2. The molecule has 0 saturated heterocycles. The summed E-state index contributed by atoms with van der Waals surface area (Å²) in [6.45, 7) is 0. The fourth-order valence-electron chi connectivity index (χ4n) is 1.28. The van der Waals surface area contributed by atoms with Crippen LogP contribution in [-0.4, -0.2) is 15.2 Å². The van der Waals surface area contributed by atoms with Crippen molar-refractivity contribution in [3.8, 4) is 0 Å². The fraction of sp³-hybridized carbons (Fsp3) is 0. The Bertz CT molecular complexity index is 502. The summed E-state index contributed by atoms with van der Waals surface area (Å²) in [7, 11) is 0. The highest BCUT2D eigenvalue weighted by molar-refractivity contribution is 14.3. The van der Waals surface area contributed by atoms with E-state index in [4.69, 9.17) is 0 Å². The molecule has 0 aliphatic rings. The highest BCUT2D eigenvalue weighted by atomic mass is 127. The Morgan fingerprint density at radius 1 is 1.53 bits per heavy atom. The molecular weight excluding hydrogens is 457 g/mol. The van der Waals surface area contributed by atoms with E-state index >= 15 is 0 Å². The molecular formula is C8H5I2N2OPS. The molecule has 0 radical (unpaired) electrons. The largest absolute Gasteiger partial charge is 0.298 e. The van der Waals surface area contributed by atoms with Gasteiger partial charge in [-0.3, -0.25) is 8.77 Å². The lowest BCUT2D eigenvalue weighted by Gasteiger charge is -2.02. The van der Waals surface area contributed by atoms with Gasteiger partial charge in [0.25, 0.3) is 0 Å². The van der Waals surface area contributed by atoms with Crippen molar-refractivity contribution in [1.82, 2.24) is 8.96 Å². The van der Waals surface area contributed by atoms with E-state index in [1.165, 1.54) is 0 Å². The van der Waals surface area contributed by atoms with Crippen LogP contribution in [0.4, 0.5) is 0 Å². The first-order valence-corrected chi connectivity index (χ1v) is 12.2. The van der Waals surface area contributed by atoms with Crippen LogP contribution < -0.4 is 0 Å². The van der Waals surface area contributed by atoms with Gasteiger partial charge in [0.1, 0.15) is 2.41 Å². The Hall–Kier alpha value is 0.600. The molecule has 2 aromatic rings. The summed E-state index contributed by atoms with van der Waals surface area (Å²) >= 11 is 6.45. The third-order valence-corrected chi connectivity index (χ3v) is 6.49. The number of aromatic nitrogens is 2. The van der Waals surface area contributed by atoms with Crippen LogP contribution in [0.2, 0.25) is 0 Å². The van der Waals surface area contributed by atoms with Crippen molar-refractivity contribution in [1.29, 1.82) is 0 Å². The minimum absolute atomic E-state index is 0.178. The summed E-state index contributed by atoms with van der Waals surface area (Å²) in [6, 6.07) is 3.77. The first-order chi connectivity index (χ1) is 7.22. The van der Waals surface area contributed by atoms with E-state index < -0.39 is 0 Å². The molecule has 2 heterocycles. The van der Waals surface area contributed by atoms with Gasteiger partial charge in [0.05, 0.1) is 0 Å². The van der Waals surface area contributed by atoms with Gasteiger partial charge in [0.2, 0.25) is 0 Å². The maximum Gasteiger partial charge on any atom is 0.152 e. The van der Waals surface area contributed by atoms with Crippen molar-refractivity contribution < 1.29 is 4.79 Å². The van der Waals surface area contributed by atoms with Crippen LogP contribution in [0, 0.1) is 0 Å². The highest BCUT2D eigenvalue weighted by Crippen LogP contribution is 2.65. The molecule has 0 amide bonds. The average Bonchev–Trinajstić information content (AvgIpc) is 2.56. The lowest BCUT2D eigenvalue weighted by atomic mass is 10.2. The summed E-state index contributed by atoms with van der Waals surface area (Å²) < 4.78 is 1.80. The quantitative estimate of drug-likeness (QED) is 0.385. The predicted molar refractivity (Wildman–Crippen MR) is 83.1 cm³/mol. The van der Waals surface area contributed by atoms with Crippen LogP contribution in [0.15, 0.2) is 24.5 Å². The second-order valence-corrected chi connectivity index (χ2v) is 20.5. The second-order valence-electron chi connectivity index (χ2n) is 2.69. The summed E-state index contributed by atoms with van der Waals surface area (Å²) in [5.41, 5.74) is 1.57. The Labute approximate surface area is 118 Å². The number of nitrogens with zero attached hydrogens (tertiary/aromatic N) is 2. The Morgan fingerprint density at radius 3 is 3.00 bits per heavy atom. The number of aldehydes is 1. The molecule has 0 aliphatic heterocycles. The van der Waals surface area contributed by atoms with Crippen LogP contribution in [-0.2, 0) is 0 Å². The predicted octanol–water partition coefficient (Wildman–Crippen LogP) is 4.44. The van der Waals surface area contributed by atoms with Gasteiger partial charge in [-0.05, 0) is 56.2 Å². The van der Waals surface area contributed by atoms with Crippen molar-refractivity contribution >= 4 is 75.4 Å². The molecule has 0 fully saturated rings. The van der Waals surface area contributed by atoms with Gasteiger partial charge in [-0.25, -0.2) is 4.98 Å². The van der Waals surface area contributed by atoms with Crippen LogP contribution in [0.25, 0.3) is 11.0 Å². The van der Waals surface area contributed by atoms with E-state index in [9.17, 15) is 4.79 Å². The number of carbonyl (C=O) groups is 1. The Kier molecular flexibility index (Phi) is 4.25. The first-order valence-electron chi connectivity index (χ1n) is 3.94. The van der Waals surface area contributed by atoms with Gasteiger partial charge in [-0.2, -0.15) is 0 Å². The number of carbonyl (C=O) groups excluding carboxylic acids is 1. The number of rotatable bonds is 3. The molecule has 0 bridgehead atoms. The van der Waals surface area contributed by atoms with Crippen LogP contribution >= 0.6 is 58.1 Å². The number of hydrogen-bond acceptors (Lipinski definition) is 3. The summed E-state index contributed by atoms with van der Waals surface area (Å²) in [6.07, 6.45) is 4.47. The molecule has 0 atom stereocenters. The number of pyridine rings is 1. The molecule has 7 heteroatoms. The first kappa shape index (κ1) is 12.1. The molecule has 2 rings (SSSR count). The van der Waals surface area contributed by atoms with Crippen molar-refractivity contribution in [3.63, 3.8) is 0 Å². The lowest BCUT2D eigenvalue weighted by Crippen LogP contribution is -1.82. The van der Waals surface area contributed by atoms with E-state index in [-0.39, 0.29) is 2.41 Å². The average molecular weight is 462 g/mol. The smallest absolute Gasteiger partial charge is 0.152 e. The third kappa shape index (κ3) is 2.65. The Balaban J connectivity index is 2.59. The fourth-order valence-corrected chi connectivity index (χ4v) is 5.98. The molecule has 0 spiro atoms. The van der Waals surface area contributed by atoms with E-state index in [1.807, 2.05) is 22.3 Å². The molecule has 78 valence electrons. The SMILES string of the molecule is O=Cc1cn(SP(I)I)c2ncccc12. The summed E-state index contributed by atoms with van der Waals surface area (Å²) in [5, 5.41) is 0.921. The minimum atomic E-state index is -0.178. The molecule has 15 heavy (non-hydrogen) atoms. The van der Waals surface area contributed by atoms with Gasteiger partial charge >= 0.3 is 0 Å². The maximum atomic E-state index is 10.9. The van der Waals surface area contributed by atoms with Gasteiger partial charge in [-0.1, -0.05) is 0 Å². The molecule has 0 aromatic carbocycles. The standard InChI is InChI=1S/C8H5I2N2OPS/c9-14(10)15-12-4-6(5-13)7-2-1-3-11-8(7)12/h1-5H. The number of fused-ring (bicyclic) bond motifs is 1. The van der Waals surface area contributed by atoms with Crippen molar-refractivity contribution in [2.24, 2.45) is 0 Å². The van der Waals surface area contributed by atoms with Crippen molar-refractivity contribution in [3.05, 3.63) is 30.1 Å². The number of halogens is 2. The van der Waals surface area contributed by atoms with Crippen LogP contribution in [0.1, 0.15) is 10.4 Å². The minimum Gasteiger partial charge on any atom is -0.298 e. The van der Waals surface area contributed by atoms with Gasteiger partial charge in [0.15, 0.2) is 11.9 Å². The van der Waals surface area contributed by atoms with Gasteiger partial charge in [0, 0.05) is 34.9 Å². The molecule has 0 unspecified atom stereocenters. The van der Waals surface area contributed by atoms with Crippen LogP contribution in [0.3, 0.4) is 0 Å². The monoisotopic (exact) mass is 462 g/mol. The lowest BCUT2D eigenvalue weighted by molar-refractivity contribution is 0.112. The van der Waals surface area contributed by atoms with Crippen molar-refractivity contribution in [2.75, 3.05) is 0 Å². The van der Waals surface area contributed by atoms with Crippen LogP contribution in [0.5, 0.6) is 0 Å². The zero-order valence-corrected chi connectivity index (χ0v) is 13.3. The van der Waals surface area contributed by atoms with Crippen molar-refractivity contribution in [2.45, 2.75) is 0 Å². The highest BCUT2D eigenvalue weighted by Gasteiger charge is 2.10. The maximum absolute atomic E-state index is 10.9. The van der Waals surface area contributed by atoms with Gasteiger partial charge < -0.3 is 0 Å². The zero-order chi connectivity index (χ0) is 10.8. The Morgan fingerprint density at radius 2 is 2.33 bits per heavy atom. The normalized spacial score (nSPS) is 11.1. The van der Waals surface area contributed by atoms with E-state index in [2.05, 4.69) is 49.1 Å². The number of hydrogen-bond donors (Lipinski definition) is 0. The second kappa shape index (κ2) is 5.29. The third-order valence-electron chi connectivity index (χ3n) is 1.84. The zero-order valence-electron chi connectivity index (χ0n) is 7.30. The molecule has 2 aromatic heterocycles. The topological polar surface area (TPSA) is 34.9 Å². The molecule has 0 saturated carbocycles.